The third-order valence-electron chi connectivity index (χ3n) is 15.4. The first-order chi connectivity index (χ1) is 43.1. The average Bonchev–Trinajstić information content (AvgIpc) is 2.01. The van der Waals surface area contributed by atoms with E-state index in [1.54, 1.807) is 12.1 Å². The number of aromatic nitrogens is 2. The number of carbonyl (C=O) groups excluding carboxylic acids is 7. The SMILES string of the molecule is [C-]#[N+]C[C@@H](O)[C@@H]1NC(=O)[C@H]([C@H](O)Cc2ccc(O)c(OSOO[O-])c2)NC(=O)[C@@H]2C[C@H](O)CN2C(=O)[C@H]([C@H](C)O)NC(=O)[C@@H](NC(=O)c2ccc(-c3nnc(-c4ccc(-c5ccc(COCC)cc5)cc4)s3)cc2)C[C@H](O)CNC(=O)[C@@H]2[C@@H](O)[C@H](C)CN2C1=O.[Na+]. The van der Waals surface area contributed by atoms with E-state index >= 15 is 0 Å². The fraction of sp³-hybridized carbons (Fsp3) is 0.424. The van der Waals surface area contributed by atoms with Crippen LogP contribution in [0.1, 0.15) is 55.1 Å². The Morgan fingerprint density at radius 3 is 1.99 bits per heavy atom. The summed E-state index contributed by atoms with van der Waals surface area (Å²) in [5, 5.41) is 114. The Morgan fingerprint density at radius 2 is 1.36 bits per heavy atom. The van der Waals surface area contributed by atoms with Crippen molar-refractivity contribution in [3.8, 4) is 43.8 Å². The van der Waals surface area contributed by atoms with Gasteiger partial charge in [-0.05, 0) is 60.4 Å². The van der Waals surface area contributed by atoms with Crippen molar-refractivity contribution in [1.29, 1.82) is 0 Å². The number of β-amino-alcohol motifs (C(OH)–C–C–N with tert-alkyl or cyclic N) is 1. The number of aromatic hydroxyl groups is 1. The van der Waals surface area contributed by atoms with E-state index in [-0.39, 0.29) is 65.3 Å². The van der Waals surface area contributed by atoms with Crippen molar-refractivity contribution in [1.82, 2.24) is 46.6 Å². The molecule has 32 heteroatoms. The molecule has 4 aromatic carbocycles. The molecular formula is C59H67N10NaO19S2. The van der Waals surface area contributed by atoms with Crippen LogP contribution in [0.4, 0.5) is 0 Å². The molecule has 5 aromatic rings. The molecule has 7 amide bonds. The van der Waals surface area contributed by atoms with Crippen LogP contribution in [0.2, 0.25) is 0 Å². The van der Waals surface area contributed by atoms with Gasteiger partial charge in [0, 0.05) is 68.1 Å². The number of nitrogens with zero attached hydrogens (tertiary/aromatic N) is 5. The number of amides is 7. The summed E-state index contributed by atoms with van der Waals surface area (Å²) in [6, 6.07) is 14.0. The molecule has 1 aromatic heterocycles. The summed E-state index contributed by atoms with van der Waals surface area (Å²) < 4.78 is 14.7. The summed E-state index contributed by atoms with van der Waals surface area (Å²) in [6.45, 7) is 10.7. The molecule has 0 bridgehead atoms. The van der Waals surface area contributed by atoms with E-state index in [4.69, 9.17) is 15.5 Å². The summed E-state index contributed by atoms with van der Waals surface area (Å²) in [5.41, 5.74) is 4.58. The van der Waals surface area contributed by atoms with Crippen molar-refractivity contribution in [2.24, 2.45) is 5.92 Å². The number of nitrogens with one attached hydrogen (secondary N) is 5. The summed E-state index contributed by atoms with van der Waals surface area (Å²) in [4.78, 5) is 106. The minimum absolute atomic E-state index is 0. The molecule has 4 heterocycles. The number of ether oxygens (including phenoxy) is 1. The van der Waals surface area contributed by atoms with Crippen LogP contribution in [0, 0.1) is 12.5 Å². The Kier molecular flexibility index (Phi) is 25.7. The van der Waals surface area contributed by atoms with Gasteiger partial charge in [-0.25, -0.2) is 6.57 Å². The zero-order valence-electron chi connectivity index (χ0n) is 49.6. The van der Waals surface area contributed by atoms with Gasteiger partial charge in [-0.15, -0.1) is 14.5 Å². The van der Waals surface area contributed by atoms with Crippen LogP contribution in [0.5, 0.6) is 11.5 Å². The molecule has 480 valence electrons. The second-order valence-corrected chi connectivity index (χ2v) is 23.2. The third-order valence-corrected chi connectivity index (χ3v) is 16.8. The number of phenols is 1. The standard InChI is InChI=1S/C59H68N10O19S2.Na/c1-5-85-28-31-6-9-33(10-7-31)34-11-15-36(16-12-34)56-66-67-57(89-56)37-17-13-35(14-18-37)51(77)62-40-22-38(71)24-61-55(81)49-50(76)29(2)26-69(49)59(83)48(44(75)25-60-4)65-54(80)47(43(74)20-32-8-19-42(73)45(21-32)86-90-88-87-84)64-53(79)41-23-39(72)27-68(41)58(82)46(30(3)70)63-52(40)78;/h6-19,21,29-30,38-41,43-44,46-50,70-76,84H,5,20,22-28H2,1-3H3,(H,61,81)(H,62,77)(H,63,78)(H,64,79)(H,65,80);/q;+1/p-1/t29-,30+,38+,39+,40+,41+,43-,44-,46+,47+,48+,49+,50+;/m1./s1. The monoisotopic (exact) mass is 1310 g/mol. The molecule has 3 saturated heterocycles. The van der Waals surface area contributed by atoms with Gasteiger partial charge in [0.15, 0.2) is 17.6 Å². The van der Waals surface area contributed by atoms with Crippen molar-refractivity contribution in [3.05, 3.63) is 119 Å². The van der Waals surface area contributed by atoms with Crippen LogP contribution >= 0.6 is 23.7 Å². The number of rotatable bonds is 18. The third kappa shape index (κ3) is 17.9. The zero-order valence-corrected chi connectivity index (χ0v) is 53.2. The topological polar surface area (TPSA) is 418 Å². The van der Waals surface area contributed by atoms with Gasteiger partial charge in [-0.2, -0.15) is 0 Å². The van der Waals surface area contributed by atoms with Gasteiger partial charge in [0.2, 0.25) is 42.0 Å². The Bertz CT molecular complexity index is 3400. The van der Waals surface area contributed by atoms with E-state index < -0.39 is 165 Å². The van der Waals surface area contributed by atoms with Gasteiger partial charge in [-0.1, -0.05) is 85.0 Å². The molecule has 0 spiro atoms. The normalized spacial score (nSPS) is 24.6. The second-order valence-electron chi connectivity index (χ2n) is 21.8. The summed E-state index contributed by atoms with van der Waals surface area (Å²) in [7, 11) is 0. The van der Waals surface area contributed by atoms with Gasteiger partial charge >= 0.3 is 29.6 Å². The van der Waals surface area contributed by atoms with Crippen LogP contribution in [-0.4, -0.2) is 203 Å². The first-order valence-electron chi connectivity index (χ1n) is 28.4. The van der Waals surface area contributed by atoms with E-state index in [0.29, 0.717) is 28.8 Å². The molecule has 0 radical (unpaired) electrons. The fourth-order valence-corrected chi connectivity index (χ4v) is 11.7. The first kappa shape index (κ1) is 71.2. The Labute approximate surface area is 551 Å². The predicted molar refractivity (Wildman–Crippen MR) is 316 cm³/mol. The predicted octanol–water partition coefficient (Wildman–Crippen LogP) is -4.18. The van der Waals surface area contributed by atoms with E-state index in [2.05, 4.69) is 51.0 Å². The Balaban J connectivity index is 0.0000118. The molecule has 3 fully saturated rings. The van der Waals surface area contributed by atoms with Gasteiger partial charge in [-0.3, -0.25) is 38.6 Å². The minimum Gasteiger partial charge on any atom is -0.691 e. The molecule has 0 saturated carbocycles. The molecule has 12 N–H and O–H groups in total. The maximum atomic E-state index is 14.6. The van der Waals surface area contributed by atoms with Gasteiger partial charge < -0.3 is 91.2 Å². The van der Waals surface area contributed by atoms with E-state index in [9.17, 15) is 74.6 Å². The smallest absolute Gasteiger partial charge is 0.691 e. The molecule has 3 aliphatic rings. The molecule has 3 aliphatic heterocycles. The van der Waals surface area contributed by atoms with Crippen LogP contribution in [0.15, 0.2) is 91.0 Å². The van der Waals surface area contributed by atoms with E-state index in [0.717, 1.165) is 51.1 Å². The second kappa shape index (κ2) is 32.9. The van der Waals surface area contributed by atoms with Crippen molar-refractivity contribution in [2.45, 2.75) is 120 Å². The van der Waals surface area contributed by atoms with Crippen molar-refractivity contribution < 1.29 is 122 Å². The van der Waals surface area contributed by atoms with Gasteiger partial charge in [0.25, 0.3) is 18.2 Å². The van der Waals surface area contributed by atoms with Crippen LogP contribution < -0.4 is 65.6 Å². The number of aliphatic hydroxyl groups excluding tert-OH is 6. The van der Waals surface area contributed by atoms with E-state index in [1.165, 1.54) is 36.5 Å². The minimum atomic E-state index is -2.16. The van der Waals surface area contributed by atoms with Crippen molar-refractivity contribution in [2.75, 3.05) is 32.8 Å². The summed E-state index contributed by atoms with van der Waals surface area (Å²) in [6.07, 6.45) is -12.4. The number of hydrogen-bond acceptors (Lipinski definition) is 23. The maximum Gasteiger partial charge on any atom is 1.00 e. The number of carbonyl (C=O) groups is 7. The van der Waals surface area contributed by atoms with Gasteiger partial charge in [0.05, 0.1) is 37.1 Å². The number of benzene rings is 4. The van der Waals surface area contributed by atoms with Crippen LogP contribution in [0.25, 0.3) is 37.1 Å². The Morgan fingerprint density at radius 1 is 0.769 bits per heavy atom. The number of fused-ring (bicyclic) bond motifs is 2. The zero-order chi connectivity index (χ0) is 64.9. The van der Waals surface area contributed by atoms with Crippen LogP contribution in [-0.2, 0) is 55.9 Å². The average molecular weight is 1310 g/mol. The van der Waals surface area contributed by atoms with Crippen LogP contribution in [0.3, 0.4) is 0 Å². The molecule has 0 unspecified atom stereocenters. The fourth-order valence-electron chi connectivity index (χ4n) is 10.6. The molecule has 29 nitrogen and oxygen atoms in total. The number of hydrogen-bond donors (Lipinski definition) is 12. The van der Waals surface area contributed by atoms with Crippen molar-refractivity contribution >= 4 is 65.0 Å². The maximum absolute atomic E-state index is 14.6. The summed E-state index contributed by atoms with van der Waals surface area (Å²) in [5.74, 6) is -9.74. The van der Waals surface area contributed by atoms with Gasteiger partial charge in [0.1, 0.15) is 46.3 Å². The molecule has 91 heavy (non-hydrogen) atoms. The number of aliphatic hydroxyl groups is 6. The Hall–Kier alpha value is -7.23. The summed E-state index contributed by atoms with van der Waals surface area (Å²) >= 11 is 1.30. The molecule has 0 aliphatic carbocycles. The first-order valence-corrected chi connectivity index (χ1v) is 29.9. The number of phenolic OH excluding ortho intramolecular Hbond substituents is 1. The van der Waals surface area contributed by atoms with Crippen molar-refractivity contribution in [3.63, 3.8) is 0 Å². The molecular weight excluding hydrogens is 1240 g/mol. The largest absolute Gasteiger partial charge is 1.00 e. The van der Waals surface area contributed by atoms with E-state index in [1.807, 2.05) is 55.5 Å². The molecule has 8 rings (SSSR count). The quantitative estimate of drug-likeness (QED) is 0.00989. The molecule has 13 atom stereocenters.